The maximum Gasteiger partial charge on any atom is 0.219 e. The fourth-order valence-corrected chi connectivity index (χ4v) is 2.88. The van der Waals surface area contributed by atoms with Crippen LogP contribution in [-0.2, 0) is 0 Å². The summed E-state index contributed by atoms with van der Waals surface area (Å²) >= 11 is 0. The lowest BCUT2D eigenvalue weighted by Gasteiger charge is -2.09. The Balaban J connectivity index is 1.68. The number of ketones is 1. The predicted molar refractivity (Wildman–Crippen MR) is 99.4 cm³/mol. The average molecular weight is 362 g/mol. The number of nitrogen functional groups attached to an aromatic ring is 1. The smallest absolute Gasteiger partial charge is 0.219 e. The predicted octanol–water partition coefficient (Wildman–Crippen LogP) is 4.01. The van der Waals surface area contributed by atoms with Crippen LogP contribution in [0.1, 0.15) is 21.6 Å². The number of nitrogens with one attached hydrogen (secondary N) is 1. The summed E-state index contributed by atoms with van der Waals surface area (Å²) in [4.78, 5) is 24.4. The first-order chi connectivity index (χ1) is 13.0. The molecule has 0 saturated heterocycles. The van der Waals surface area contributed by atoms with Gasteiger partial charge in [-0.2, -0.15) is 0 Å². The number of anilines is 1. The van der Waals surface area contributed by atoms with E-state index in [2.05, 4.69) is 15.0 Å². The summed E-state index contributed by atoms with van der Waals surface area (Å²) in [5.74, 6) is -0.449. The van der Waals surface area contributed by atoms with Crippen LogP contribution in [0.3, 0.4) is 0 Å². The summed E-state index contributed by atoms with van der Waals surface area (Å²) in [6, 6.07) is 10.8. The van der Waals surface area contributed by atoms with Gasteiger partial charge in [0.15, 0.2) is 17.3 Å². The third-order valence-electron chi connectivity index (χ3n) is 4.21. The molecule has 0 spiro atoms. The number of rotatable bonds is 4. The van der Waals surface area contributed by atoms with E-state index in [1.54, 1.807) is 43.6 Å². The van der Waals surface area contributed by atoms with E-state index in [9.17, 15) is 9.18 Å². The van der Waals surface area contributed by atoms with Crippen LogP contribution in [0.15, 0.2) is 54.9 Å². The van der Waals surface area contributed by atoms with Crippen molar-refractivity contribution < 1.29 is 13.9 Å². The molecule has 4 rings (SSSR count). The first-order valence-electron chi connectivity index (χ1n) is 8.21. The van der Waals surface area contributed by atoms with Gasteiger partial charge in [0.2, 0.25) is 5.88 Å². The second kappa shape index (κ2) is 6.53. The Morgan fingerprint density at radius 2 is 1.96 bits per heavy atom. The minimum atomic E-state index is -0.487. The number of H-pyrrole nitrogens is 1. The van der Waals surface area contributed by atoms with Gasteiger partial charge in [0.05, 0.1) is 16.6 Å². The molecule has 6 nitrogen and oxygen atoms in total. The fraction of sp³-hybridized carbons (Fsp3) is 0.0500. The van der Waals surface area contributed by atoms with E-state index in [0.717, 1.165) is 0 Å². The number of carbonyl (C=O) groups excluding carboxylic acids is 1. The summed E-state index contributed by atoms with van der Waals surface area (Å²) in [6.07, 6.45) is 3.16. The van der Waals surface area contributed by atoms with Crippen molar-refractivity contribution in [3.05, 3.63) is 77.5 Å². The Hall–Kier alpha value is -3.74. The van der Waals surface area contributed by atoms with Crippen molar-refractivity contribution in [2.45, 2.75) is 6.92 Å². The second-order valence-electron chi connectivity index (χ2n) is 5.97. The molecule has 3 heterocycles. The monoisotopic (exact) mass is 362 g/mol. The number of nitrogens with zero attached hydrogens (tertiary/aromatic N) is 2. The molecule has 0 atom stereocenters. The fourth-order valence-electron chi connectivity index (χ4n) is 2.88. The van der Waals surface area contributed by atoms with E-state index in [0.29, 0.717) is 33.5 Å². The third-order valence-corrected chi connectivity index (χ3v) is 4.21. The zero-order valence-corrected chi connectivity index (χ0v) is 14.4. The highest BCUT2D eigenvalue weighted by molar-refractivity contribution is 6.18. The van der Waals surface area contributed by atoms with Crippen molar-refractivity contribution >= 4 is 22.5 Å². The standard InChI is InChI=1S/C20H15FN4O2/c1-11-12(6-7-17(25-11)27-16-5-3-2-4-14(16)21)19(26)13-10-24-20-18(13)15(22)8-9-23-20/h2-10H,1H3,(H3,22,23,24). The summed E-state index contributed by atoms with van der Waals surface area (Å²) < 4.78 is 19.2. The number of halogens is 1. The van der Waals surface area contributed by atoms with Crippen molar-refractivity contribution in [3.63, 3.8) is 0 Å². The Morgan fingerprint density at radius 1 is 1.15 bits per heavy atom. The molecule has 0 fully saturated rings. The highest BCUT2D eigenvalue weighted by Crippen LogP contribution is 2.27. The van der Waals surface area contributed by atoms with Gasteiger partial charge in [-0.3, -0.25) is 4.79 Å². The Kier molecular flexibility index (Phi) is 4.04. The van der Waals surface area contributed by atoms with Crippen molar-refractivity contribution in [1.29, 1.82) is 0 Å². The van der Waals surface area contributed by atoms with Crippen molar-refractivity contribution in [3.8, 4) is 11.6 Å². The van der Waals surface area contributed by atoms with E-state index in [-0.39, 0.29) is 17.4 Å². The van der Waals surface area contributed by atoms with E-state index in [1.165, 1.54) is 18.2 Å². The Morgan fingerprint density at radius 3 is 2.74 bits per heavy atom. The van der Waals surface area contributed by atoms with Crippen molar-refractivity contribution in [2.75, 3.05) is 5.73 Å². The van der Waals surface area contributed by atoms with Gasteiger partial charge in [-0.05, 0) is 31.2 Å². The quantitative estimate of drug-likeness (QED) is 0.535. The molecular weight excluding hydrogens is 347 g/mol. The zero-order chi connectivity index (χ0) is 19.0. The Bertz CT molecular complexity index is 1170. The molecule has 1 aromatic carbocycles. The maximum absolute atomic E-state index is 13.7. The number of aryl methyl sites for hydroxylation is 1. The first-order valence-corrected chi connectivity index (χ1v) is 8.21. The molecule has 3 aromatic heterocycles. The number of pyridine rings is 2. The maximum atomic E-state index is 13.7. The van der Waals surface area contributed by atoms with Gasteiger partial charge in [0.1, 0.15) is 5.65 Å². The van der Waals surface area contributed by atoms with Gasteiger partial charge < -0.3 is 15.5 Å². The SMILES string of the molecule is Cc1nc(Oc2ccccc2F)ccc1C(=O)c1c[nH]c2nccc(N)c12. The van der Waals surface area contributed by atoms with Gasteiger partial charge in [-0.15, -0.1) is 0 Å². The molecule has 7 heteroatoms. The molecule has 0 amide bonds. The highest BCUT2D eigenvalue weighted by Gasteiger charge is 2.19. The topological polar surface area (TPSA) is 93.9 Å². The van der Waals surface area contributed by atoms with Crippen molar-refractivity contribution in [1.82, 2.24) is 15.0 Å². The number of carbonyl (C=O) groups is 1. The minimum Gasteiger partial charge on any atom is -0.436 e. The molecule has 0 aliphatic carbocycles. The molecule has 134 valence electrons. The molecule has 3 N–H and O–H groups in total. The summed E-state index contributed by atoms with van der Waals surface area (Å²) in [5.41, 5.74) is 8.29. The minimum absolute atomic E-state index is 0.0685. The number of aromatic nitrogens is 3. The first kappa shape index (κ1) is 16.7. The Labute approximate surface area is 153 Å². The zero-order valence-electron chi connectivity index (χ0n) is 14.4. The molecule has 0 aliphatic heterocycles. The average Bonchev–Trinajstić information content (AvgIpc) is 3.09. The van der Waals surface area contributed by atoms with Crippen LogP contribution in [0.25, 0.3) is 11.0 Å². The van der Waals surface area contributed by atoms with E-state index in [4.69, 9.17) is 10.5 Å². The van der Waals surface area contributed by atoms with E-state index in [1.807, 2.05) is 0 Å². The summed E-state index contributed by atoms with van der Waals surface area (Å²) in [6.45, 7) is 1.69. The molecular formula is C20H15FN4O2. The molecule has 0 radical (unpaired) electrons. The molecule has 0 aliphatic rings. The number of hydrogen-bond donors (Lipinski definition) is 2. The number of aromatic amines is 1. The lowest BCUT2D eigenvalue weighted by Crippen LogP contribution is -2.06. The number of para-hydroxylation sites is 1. The molecule has 0 bridgehead atoms. The van der Waals surface area contributed by atoms with Crippen LogP contribution in [0.4, 0.5) is 10.1 Å². The third kappa shape index (κ3) is 2.99. The normalized spacial score (nSPS) is 10.9. The number of ether oxygens (including phenoxy) is 1. The van der Waals surface area contributed by atoms with Gasteiger partial charge in [0.25, 0.3) is 0 Å². The summed E-state index contributed by atoms with van der Waals surface area (Å²) in [5, 5.41) is 0.577. The van der Waals surface area contributed by atoms with Crippen LogP contribution >= 0.6 is 0 Å². The van der Waals surface area contributed by atoms with Crippen LogP contribution < -0.4 is 10.5 Å². The lowest BCUT2D eigenvalue weighted by molar-refractivity contribution is 0.103. The van der Waals surface area contributed by atoms with Gasteiger partial charge >= 0.3 is 0 Å². The van der Waals surface area contributed by atoms with Gasteiger partial charge in [-0.1, -0.05) is 12.1 Å². The van der Waals surface area contributed by atoms with Gasteiger partial charge in [-0.25, -0.2) is 14.4 Å². The highest BCUT2D eigenvalue weighted by atomic mass is 19.1. The second-order valence-corrected chi connectivity index (χ2v) is 5.97. The largest absolute Gasteiger partial charge is 0.436 e. The van der Waals surface area contributed by atoms with Crippen LogP contribution in [0, 0.1) is 12.7 Å². The molecule has 0 unspecified atom stereocenters. The van der Waals surface area contributed by atoms with Crippen molar-refractivity contribution in [2.24, 2.45) is 0 Å². The molecule has 0 saturated carbocycles. The van der Waals surface area contributed by atoms with Crippen LogP contribution in [0.5, 0.6) is 11.6 Å². The molecule has 4 aromatic rings. The lowest BCUT2D eigenvalue weighted by atomic mass is 10.0. The van der Waals surface area contributed by atoms with Crippen LogP contribution in [0.2, 0.25) is 0 Å². The number of benzene rings is 1. The van der Waals surface area contributed by atoms with E-state index >= 15 is 0 Å². The van der Waals surface area contributed by atoms with Gasteiger partial charge in [0, 0.05) is 29.7 Å². The summed E-state index contributed by atoms with van der Waals surface area (Å²) in [7, 11) is 0. The number of hydrogen-bond acceptors (Lipinski definition) is 5. The van der Waals surface area contributed by atoms with E-state index < -0.39 is 5.82 Å². The number of fused-ring (bicyclic) bond motifs is 1. The number of nitrogens with two attached hydrogens (primary N) is 1. The van der Waals surface area contributed by atoms with Crippen LogP contribution in [-0.4, -0.2) is 20.7 Å². The molecule has 27 heavy (non-hydrogen) atoms.